The molecule has 0 spiro atoms. The molecule has 0 aliphatic heterocycles. The Morgan fingerprint density at radius 2 is 1.88 bits per heavy atom. The normalized spacial score (nSPS) is 24.8. The molecule has 2 fully saturated rings. The Hall–Kier alpha value is -0.770. The van der Waals surface area contributed by atoms with Gasteiger partial charge in [-0.05, 0) is 52.9 Å². The van der Waals surface area contributed by atoms with Crippen LogP contribution in [0.4, 0.5) is 4.79 Å². The maximum absolute atomic E-state index is 11.6. The van der Waals surface area contributed by atoms with Crippen LogP contribution in [0.2, 0.25) is 0 Å². The molecule has 2 aliphatic rings. The third kappa shape index (κ3) is 3.11. The van der Waals surface area contributed by atoms with Gasteiger partial charge in [-0.15, -0.1) is 0 Å². The van der Waals surface area contributed by atoms with Crippen molar-refractivity contribution in [1.82, 2.24) is 5.32 Å². The predicted octanol–water partition coefficient (Wildman–Crippen LogP) is 1.93. The van der Waals surface area contributed by atoms with Crippen molar-refractivity contribution >= 4 is 6.09 Å². The van der Waals surface area contributed by atoms with E-state index in [2.05, 4.69) is 5.32 Å². The van der Waals surface area contributed by atoms with Crippen LogP contribution in [0, 0.1) is 0 Å². The second-order valence-electron chi connectivity index (χ2n) is 6.45. The molecule has 2 aliphatic carbocycles. The van der Waals surface area contributed by atoms with Gasteiger partial charge in [0.15, 0.2) is 0 Å². The van der Waals surface area contributed by atoms with Crippen molar-refractivity contribution in [2.75, 3.05) is 0 Å². The van der Waals surface area contributed by atoms with Crippen molar-refractivity contribution in [2.24, 2.45) is 5.73 Å². The molecule has 0 bridgehead atoms. The smallest absolute Gasteiger partial charge is 0.408 e. The number of ether oxygens (including phenoxy) is 1. The lowest BCUT2D eigenvalue weighted by Crippen LogP contribution is -2.44. The number of hydrogen-bond donors (Lipinski definition) is 2. The van der Waals surface area contributed by atoms with E-state index in [-0.39, 0.29) is 17.2 Å². The van der Waals surface area contributed by atoms with Crippen molar-refractivity contribution in [3.05, 3.63) is 0 Å². The standard InChI is InChI=1S/C12H22N2O2/c1-10(2,3)16-9(15)14-12(6-7-12)8-11(13)4-5-11/h4-8,13H2,1-3H3,(H,14,15). The summed E-state index contributed by atoms with van der Waals surface area (Å²) < 4.78 is 5.26. The molecule has 3 N–H and O–H groups in total. The van der Waals surface area contributed by atoms with E-state index in [0.717, 1.165) is 32.1 Å². The molecule has 92 valence electrons. The average Bonchev–Trinajstić information content (AvgIpc) is 2.91. The highest BCUT2D eigenvalue weighted by molar-refractivity contribution is 5.69. The topological polar surface area (TPSA) is 64.3 Å². The van der Waals surface area contributed by atoms with Crippen LogP contribution < -0.4 is 11.1 Å². The van der Waals surface area contributed by atoms with Crippen LogP contribution in [0.25, 0.3) is 0 Å². The van der Waals surface area contributed by atoms with E-state index in [1.807, 2.05) is 20.8 Å². The second-order valence-corrected chi connectivity index (χ2v) is 6.45. The largest absolute Gasteiger partial charge is 0.444 e. The molecule has 0 unspecified atom stereocenters. The highest BCUT2D eigenvalue weighted by Crippen LogP contribution is 2.49. The third-order valence-electron chi connectivity index (χ3n) is 3.20. The fourth-order valence-corrected chi connectivity index (χ4v) is 2.03. The van der Waals surface area contributed by atoms with Gasteiger partial charge < -0.3 is 15.8 Å². The fraction of sp³-hybridized carbons (Fsp3) is 0.917. The van der Waals surface area contributed by atoms with Gasteiger partial charge in [0.1, 0.15) is 5.60 Å². The monoisotopic (exact) mass is 226 g/mol. The summed E-state index contributed by atoms with van der Waals surface area (Å²) in [6.07, 6.45) is 4.83. The summed E-state index contributed by atoms with van der Waals surface area (Å²) in [7, 11) is 0. The number of carbonyl (C=O) groups excluding carboxylic acids is 1. The van der Waals surface area contributed by atoms with E-state index in [1.165, 1.54) is 0 Å². The summed E-state index contributed by atoms with van der Waals surface area (Å²) in [5, 5.41) is 2.98. The molecule has 0 aromatic rings. The zero-order chi connectivity index (χ0) is 12.0. The SMILES string of the molecule is CC(C)(C)OC(=O)NC1(CC2(N)CC2)CC1. The number of rotatable bonds is 3. The highest BCUT2D eigenvalue weighted by Gasteiger charge is 2.53. The van der Waals surface area contributed by atoms with Crippen LogP contribution in [0.15, 0.2) is 0 Å². The molecule has 4 heteroatoms. The number of hydrogen-bond acceptors (Lipinski definition) is 3. The summed E-state index contributed by atoms with van der Waals surface area (Å²) in [6.45, 7) is 5.62. The molecule has 2 saturated carbocycles. The minimum absolute atomic E-state index is 0.00842. The minimum atomic E-state index is -0.430. The first-order chi connectivity index (χ1) is 7.22. The van der Waals surface area contributed by atoms with Gasteiger partial charge >= 0.3 is 6.09 Å². The molecule has 1 amide bonds. The fourth-order valence-electron chi connectivity index (χ4n) is 2.03. The van der Waals surface area contributed by atoms with Gasteiger partial charge in [-0.1, -0.05) is 0 Å². The Balaban J connectivity index is 1.82. The van der Waals surface area contributed by atoms with Gasteiger partial charge in [0, 0.05) is 11.1 Å². The van der Waals surface area contributed by atoms with Crippen molar-refractivity contribution in [3.63, 3.8) is 0 Å². The van der Waals surface area contributed by atoms with E-state index in [9.17, 15) is 4.79 Å². The van der Waals surface area contributed by atoms with E-state index >= 15 is 0 Å². The number of nitrogens with two attached hydrogens (primary N) is 1. The summed E-state index contributed by atoms with van der Waals surface area (Å²) in [5.41, 5.74) is 5.58. The Labute approximate surface area is 96.9 Å². The molecule has 0 aromatic heterocycles. The van der Waals surface area contributed by atoms with Crippen molar-refractivity contribution in [2.45, 2.75) is 69.6 Å². The quantitative estimate of drug-likeness (QED) is 0.772. The van der Waals surface area contributed by atoms with Gasteiger partial charge in [-0.25, -0.2) is 4.79 Å². The van der Waals surface area contributed by atoms with Crippen molar-refractivity contribution in [1.29, 1.82) is 0 Å². The second kappa shape index (κ2) is 3.36. The number of carbonyl (C=O) groups is 1. The Bertz CT molecular complexity index is 299. The average molecular weight is 226 g/mol. The number of amides is 1. The van der Waals surface area contributed by atoms with Crippen LogP contribution in [0.5, 0.6) is 0 Å². The zero-order valence-corrected chi connectivity index (χ0v) is 10.4. The third-order valence-corrected chi connectivity index (χ3v) is 3.20. The van der Waals surface area contributed by atoms with Gasteiger partial charge in [0.2, 0.25) is 0 Å². The summed E-state index contributed by atoms with van der Waals surface area (Å²) >= 11 is 0. The summed E-state index contributed by atoms with van der Waals surface area (Å²) in [4.78, 5) is 11.6. The van der Waals surface area contributed by atoms with Crippen LogP contribution in [-0.2, 0) is 4.74 Å². The molecule has 0 aromatic carbocycles. The van der Waals surface area contributed by atoms with Gasteiger partial charge in [0.25, 0.3) is 0 Å². The predicted molar refractivity (Wildman–Crippen MR) is 62.1 cm³/mol. The summed E-state index contributed by atoms with van der Waals surface area (Å²) in [5.74, 6) is 0. The molecular formula is C12H22N2O2. The number of nitrogens with one attached hydrogen (secondary N) is 1. The molecule has 4 nitrogen and oxygen atoms in total. The molecular weight excluding hydrogens is 204 g/mol. The van der Waals surface area contributed by atoms with E-state index in [1.54, 1.807) is 0 Å². The van der Waals surface area contributed by atoms with E-state index in [0.29, 0.717) is 0 Å². The van der Waals surface area contributed by atoms with E-state index in [4.69, 9.17) is 10.5 Å². The molecule has 0 atom stereocenters. The molecule has 0 radical (unpaired) electrons. The first-order valence-electron chi connectivity index (χ1n) is 6.02. The van der Waals surface area contributed by atoms with Crippen LogP contribution in [0.1, 0.15) is 52.9 Å². The van der Waals surface area contributed by atoms with Crippen molar-refractivity contribution < 1.29 is 9.53 Å². The van der Waals surface area contributed by atoms with Crippen LogP contribution in [0.3, 0.4) is 0 Å². The Morgan fingerprint density at radius 3 is 2.25 bits per heavy atom. The van der Waals surface area contributed by atoms with Crippen LogP contribution >= 0.6 is 0 Å². The minimum Gasteiger partial charge on any atom is -0.444 e. The van der Waals surface area contributed by atoms with Gasteiger partial charge in [-0.3, -0.25) is 0 Å². The molecule has 0 heterocycles. The van der Waals surface area contributed by atoms with Crippen molar-refractivity contribution in [3.8, 4) is 0 Å². The van der Waals surface area contributed by atoms with E-state index < -0.39 is 5.60 Å². The number of alkyl carbamates (subject to hydrolysis) is 1. The Morgan fingerprint density at radius 1 is 1.31 bits per heavy atom. The lowest BCUT2D eigenvalue weighted by Gasteiger charge is -2.25. The molecule has 2 rings (SSSR count). The zero-order valence-electron chi connectivity index (χ0n) is 10.4. The first-order valence-corrected chi connectivity index (χ1v) is 6.02. The Kier molecular flexibility index (Phi) is 2.46. The van der Waals surface area contributed by atoms with Crippen LogP contribution in [-0.4, -0.2) is 22.8 Å². The first kappa shape index (κ1) is 11.7. The van der Waals surface area contributed by atoms with Gasteiger partial charge in [-0.2, -0.15) is 0 Å². The molecule has 0 saturated heterocycles. The maximum atomic E-state index is 11.6. The molecule has 16 heavy (non-hydrogen) atoms. The highest BCUT2D eigenvalue weighted by atomic mass is 16.6. The summed E-state index contributed by atoms with van der Waals surface area (Å²) in [6, 6.07) is 0. The maximum Gasteiger partial charge on any atom is 0.408 e. The van der Waals surface area contributed by atoms with Gasteiger partial charge in [0.05, 0.1) is 0 Å². The lowest BCUT2D eigenvalue weighted by atomic mass is 10.0. The lowest BCUT2D eigenvalue weighted by molar-refractivity contribution is 0.0491.